The lowest BCUT2D eigenvalue weighted by molar-refractivity contribution is -0.131. The van der Waals surface area contributed by atoms with Gasteiger partial charge in [0, 0.05) is 12.6 Å². The molecule has 0 aliphatic carbocycles. The molecule has 0 radical (unpaired) electrons. The van der Waals surface area contributed by atoms with Crippen molar-refractivity contribution in [2.24, 2.45) is 0 Å². The van der Waals surface area contributed by atoms with Crippen LogP contribution in [0.4, 0.5) is 0 Å². The molecule has 0 bridgehead atoms. The summed E-state index contributed by atoms with van der Waals surface area (Å²) in [5, 5.41) is 12.1. The van der Waals surface area contributed by atoms with E-state index in [9.17, 15) is 14.7 Å². The Morgan fingerprint density at radius 3 is 2.82 bits per heavy atom. The highest BCUT2D eigenvalue weighted by molar-refractivity contribution is 5.97. The highest BCUT2D eigenvalue weighted by Crippen LogP contribution is 2.21. The van der Waals surface area contributed by atoms with Crippen LogP contribution in [-0.2, 0) is 4.79 Å². The van der Waals surface area contributed by atoms with Crippen molar-refractivity contribution in [3.8, 4) is 0 Å². The molecular weight excluding hydrogens is 284 g/mol. The number of likely N-dealkylation sites (tertiary alicyclic amines) is 1. The van der Waals surface area contributed by atoms with E-state index in [1.807, 2.05) is 0 Å². The molecule has 2 N–H and O–H groups in total. The lowest BCUT2D eigenvalue weighted by atomic mass is 10.1. The van der Waals surface area contributed by atoms with Gasteiger partial charge in [0.25, 0.3) is 5.91 Å². The Kier molecular flexibility index (Phi) is 5.24. The third-order valence-electron chi connectivity index (χ3n) is 4.00. The second kappa shape index (κ2) is 6.96. The van der Waals surface area contributed by atoms with Gasteiger partial charge >= 0.3 is 0 Å². The molecule has 122 valence electrons. The van der Waals surface area contributed by atoms with Crippen LogP contribution in [0.25, 0.3) is 0 Å². The van der Waals surface area contributed by atoms with E-state index in [0.29, 0.717) is 30.0 Å². The monoisotopic (exact) mass is 308 g/mol. The predicted octanol–water partition coefficient (Wildman–Crippen LogP) is 1.39. The predicted molar refractivity (Wildman–Crippen MR) is 81.5 cm³/mol. The van der Waals surface area contributed by atoms with Crippen molar-refractivity contribution in [1.29, 1.82) is 0 Å². The van der Waals surface area contributed by atoms with Gasteiger partial charge in [-0.15, -0.1) is 0 Å². The molecule has 22 heavy (non-hydrogen) atoms. The van der Waals surface area contributed by atoms with Gasteiger partial charge in [-0.05, 0) is 46.1 Å². The van der Waals surface area contributed by atoms with E-state index in [1.54, 1.807) is 31.7 Å². The number of furan rings is 1. The highest BCUT2D eigenvalue weighted by atomic mass is 16.3. The van der Waals surface area contributed by atoms with Gasteiger partial charge in [-0.1, -0.05) is 0 Å². The quantitative estimate of drug-likeness (QED) is 0.861. The third kappa shape index (κ3) is 3.88. The number of aliphatic hydroxyl groups excluding tert-OH is 1. The maximum atomic E-state index is 12.3. The normalized spacial score (nSPS) is 19.3. The SMILES string of the molecule is Cc1cc(C(=O)NCC(=O)N2CCCC2CC(C)O)c(C)o1. The molecule has 2 amide bonds. The Bertz CT molecular complexity index is 550. The van der Waals surface area contributed by atoms with E-state index >= 15 is 0 Å². The highest BCUT2D eigenvalue weighted by Gasteiger charge is 2.29. The number of nitrogens with zero attached hydrogens (tertiary/aromatic N) is 1. The second-order valence-electron chi connectivity index (χ2n) is 5.98. The number of aliphatic hydroxyl groups is 1. The van der Waals surface area contributed by atoms with Crippen molar-refractivity contribution in [3.05, 3.63) is 23.2 Å². The number of hydrogen-bond donors (Lipinski definition) is 2. The van der Waals surface area contributed by atoms with Crippen LogP contribution >= 0.6 is 0 Å². The van der Waals surface area contributed by atoms with Crippen molar-refractivity contribution in [2.75, 3.05) is 13.1 Å². The number of aryl methyl sites for hydroxylation is 2. The zero-order valence-electron chi connectivity index (χ0n) is 13.4. The molecule has 0 saturated carbocycles. The zero-order valence-corrected chi connectivity index (χ0v) is 13.4. The fraction of sp³-hybridized carbons (Fsp3) is 0.625. The first-order valence-electron chi connectivity index (χ1n) is 7.71. The Labute approximate surface area is 130 Å². The maximum Gasteiger partial charge on any atom is 0.255 e. The molecule has 0 spiro atoms. The Balaban J connectivity index is 1.89. The smallest absolute Gasteiger partial charge is 0.255 e. The summed E-state index contributed by atoms with van der Waals surface area (Å²) in [6.45, 7) is 5.89. The molecular formula is C16H24N2O4. The minimum absolute atomic E-state index is 0.0290. The summed E-state index contributed by atoms with van der Waals surface area (Å²) in [5.74, 6) is 0.824. The molecule has 1 aliphatic heterocycles. The molecule has 6 heteroatoms. The first kappa shape index (κ1) is 16.5. The van der Waals surface area contributed by atoms with E-state index in [1.165, 1.54) is 0 Å². The van der Waals surface area contributed by atoms with Gasteiger partial charge in [0.05, 0.1) is 18.2 Å². The number of nitrogens with one attached hydrogen (secondary N) is 1. The lowest BCUT2D eigenvalue weighted by Crippen LogP contribution is -2.43. The summed E-state index contributed by atoms with van der Waals surface area (Å²) < 4.78 is 5.32. The van der Waals surface area contributed by atoms with Gasteiger partial charge in [-0.2, -0.15) is 0 Å². The van der Waals surface area contributed by atoms with Crippen LogP contribution in [0, 0.1) is 13.8 Å². The van der Waals surface area contributed by atoms with Crippen LogP contribution < -0.4 is 5.32 Å². The second-order valence-corrected chi connectivity index (χ2v) is 5.98. The summed E-state index contributed by atoms with van der Waals surface area (Å²) in [7, 11) is 0. The van der Waals surface area contributed by atoms with E-state index in [0.717, 1.165) is 12.8 Å². The average molecular weight is 308 g/mol. The van der Waals surface area contributed by atoms with Crippen LogP contribution in [0.3, 0.4) is 0 Å². The molecule has 1 aromatic rings. The average Bonchev–Trinajstić information content (AvgIpc) is 3.01. The van der Waals surface area contributed by atoms with Crippen LogP contribution in [0.2, 0.25) is 0 Å². The van der Waals surface area contributed by atoms with Crippen molar-refractivity contribution in [1.82, 2.24) is 10.2 Å². The standard InChI is InChI=1S/C16H24N2O4/c1-10(19)7-13-5-4-6-18(13)15(20)9-17-16(21)14-8-11(2)22-12(14)3/h8,10,13,19H,4-7,9H2,1-3H3,(H,17,21). The molecule has 1 saturated heterocycles. The van der Waals surface area contributed by atoms with E-state index in [4.69, 9.17) is 4.42 Å². The fourth-order valence-electron chi connectivity index (χ4n) is 3.01. The largest absolute Gasteiger partial charge is 0.466 e. The van der Waals surface area contributed by atoms with Crippen molar-refractivity contribution in [2.45, 2.75) is 52.2 Å². The Morgan fingerprint density at radius 1 is 1.50 bits per heavy atom. The summed E-state index contributed by atoms with van der Waals surface area (Å²) in [6.07, 6.45) is 2.01. The number of hydrogen-bond acceptors (Lipinski definition) is 4. The van der Waals surface area contributed by atoms with Gasteiger partial charge < -0.3 is 19.7 Å². The first-order chi connectivity index (χ1) is 10.4. The van der Waals surface area contributed by atoms with Crippen molar-refractivity contribution in [3.63, 3.8) is 0 Å². The molecule has 2 atom stereocenters. The Hall–Kier alpha value is -1.82. The fourth-order valence-corrected chi connectivity index (χ4v) is 3.01. The molecule has 6 nitrogen and oxygen atoms in total. The van der Waals surface area contributed by atoms with E-state index < -0.39 is 6.10 Å². The summed E-state index contributed by atoms with van der Waals surface area (Å²) in [6, 6.07) is 1.74. The molecule has 1 fully saturated rings. The number of carbonyl (C=O) groups excluding carboxylic acids is 2. The summed E-state index contributed by atoms with van der Waals surface area (Å²) >= 11 is 0. The third-order valence-corrected chi connectivity index (χ3v) is 4.00. The van der Waals surface area contributed by atoms with Crippen LogP contribution in [-0.4, -0.2) is 47.1 Å². The van der Waals surface area contributed by atoms with Gasteiger partial charge in [0.2, 0.25) is 5.91 Å². The minimum Gasteiger partial charge on any atom is -0.466 e. The Morgan fingerprint density at radius 2 is 2.23 bits per heavy atom. The van der Waals surface area contributed by atoms with Crippen LogP contribution in [0.15, 0.2) is 10.5 Å². The summed E-state index contributed by atoms with van der Waals surface area (Å²) in [4.78, 5) is 26.1. The van der Waals surface area contributed by atoms with Crippen molar-refractivity contribution < 1.29 is 19.1 Å². The van der Waals surface area contributed by atoms with E-state index in [-0.39, 0.29) is 24.4 Å². The lowest BCUT2D eigenvalue weighted by Gasteiger charge is -2.25. The molecule has 1 aromatic heterocycles. The van der Waals surface area contributed by atoms with Crippen LogP contribution in [0.1, 0.15) is 48.1 Å². The molecule has 2 rings (SSSR count). The summed E-state index contributed by atoms with van der Waals surface area (Å²) in [5.41, 5.74) is 0.465. The molecule has 1 aliphatic rings. The molecule has 2 unspecified atom stereocenters. The van der Waals surface area contributed by atoms with Crippen LogP contribution in [0.5, 0.6) is 0 Å². The van der Waals surface area contributed by atoms with Gasteiger partial charge in [-0.25, -0.2) is 0 Å². The van der Waals surface area contributed by atoms with E-state index in [2.05, 4.69) is 5.32 Å². The number of rotatable bonds is 5. The topological polar surface area (TPSA) is 82.8 Å². The minimum atomic E-state index is -0.426. The molecule has 0 aromatic carbocycles. The first-order valence-corrected chi connectivity index (χ1v) is 7.71. The number of amides is 2. The maximum absolute atomic E-state index is 12.3. The van der Waals surface area contributed by atoms with Crippen molar-refractivity contribution >= 4 is 11.8 Å². The molecule has 2 heterocycles. The number of carbonyl (C=O) groups is 2. The zero-order chi connectivity index (χ0) is 16.3. The van der Waals surface area contributed by atoms with Gasteiger partial charge in [0.1, 0.15) is 11.5 Å². The van der Waals surface area contributed by atoms with Gasteiger partial charge in [-0.3, -0.25) is 9.59 Å². The van der Waals surface area contributed by atoms with Gasteiger partial charge in [0.15, 0.2) is 0 Å².